The average molecular weight is 390 g/mol. The van der Waals surface area contributed by atoms with E-state index in [1.54, 1.807) is 6.07 Å². The van der Waals surface area contributed by atoms with Gasteiger partial charge in [-0.05, 0) is 42.8 Å². The summed E-state index contributed by atoms with van der Waals surface area (Å²) in [7, 11) is 0. The van der Waals surface area contributed by atoms with Crippen molar-refractivity contribution >= 4 is 67.7 Å². The number of nitrogens with two attached hydrogens (primary N) is 1. The lowest BCUT2D eigenvalue weighted by Crippen LogP contribution is -2.12. The lowest BCUT2D eigenvalue weighted by molar-refractivity contribution is 1.44. The van der Waals surface area contributed by atoms with Crippen molar-refractivity contribution < 1.29 is 0 Å². The molecule has 0 heterocycles. The number of halogens is 3. The van der Waals surface area contributed by atoms with Crippen molar-refractivity contribution in [2.24, 2.45) is 5.73 Å². The number of hydrogen-bond acceptors (Lipinski definition) is 2. The van der Waals surface area contributed by atoms with E-state index in [0.29, 0.717) is 20.7 Å². The maximum absolute atomic E-state index is 6.23. The van der Waals surface area contributed by atoms with E-state index < -0.39 is 0 Å². The molecule has 0 saturated heterocycles. The second kappa shape index (κ2) is 6.31. The number of nitrogens with one attached hydrogen (secondary N) is 1. The molecule has 0 aliphatic carbocycles. The molecule has 0 aliphatic rings. The molecule has 0 fully saturated rings. The minimum Gasteiger partial charge on any atom is -0.389 e. The van der Waals surface area contributed by atoms with Crippen molar-refractivity contribution in [1.82, 2.24) is 0 Å². The zero-order valence-electron chi connectivity index (χ0n) is 10.5. The van der Waals surface area contributed by atoms with Crippen LogP contribution in [0.1, 0.15) is 11.1 Å². The van der Waals surface area contributed by atoms with Gasteiger partial charge in [-0.1, -0.05) is 51.3 Å². The molecule has 0 aliphatic heterocycles. The Bertz CT molecular complexity index is 689. The van der Waals surface area contributed by atoms with Crippen molar-refractivity contribution in [3.05, 3.63) is 56.0 Å². The second-order valence-electron chi connectivity index (χ2n) is 4.26. The van der Waals surface area contributed by atoms with Gasteiger partial charge in [-0.3, -0.25) is 0 Å². The second-order valence-corrected chi connectivity index (χ2v) is 6.43. The summed E-state index contributed by atoms with van der Waals surface area (Å²) in [6, 6.07) is 9.20. The van der Waals surface area contributed by atoms with E-state index in [-0.39, 0.29) is 0 Å². The molecule has 0 aromatic heterocycles. The van der Waals surface area contributed by atoms with Crippen LogP contribution >= 0.6 is 51.3 Å². The molecule has 104 valence electrons. The van der Waals surface area contributed by atoms with Crippen molar-refractivity contribution in [2.45, 2.75) is 6.92 Å². The standard InChI is InChI=1S/C14H11BrCl2N2S/c1-7-4-11(17)13(6-10(7)16)19-12-5-8(15)2-3-9(12)14(18)20/h2-6,19H,1H3,(H2,18,20). The first-order valence-electron chi connectivity index (χ1n) is 5.70. The highest BCUT2D eigenvalue weighted by atomic mass is 79.9. The molecule has 2 aromatic carbocycles. The summed E-state index contributed by atoms with van der Waals surface area (Å²) in [5, 5.41) is 4.44. The van der Waals surface area contributed by atoms with Gasteiger partial charge in [-0.15, -0.1) is 0 Å². The maximum Gasteiger partial charge on any atom is 0.106 e. The zero-order valence-corrected chi connectivity index (χ0v) is 14.4. The Balaban J connectivity index is 2.47. The van der Waals surface area contributed by atoms with Gasteiger partial charge in [-0.2, -0.15) is 0 Å². The molecule has 0 amide bonds. The van der Waals surface area contributed by atoms with Gasteiger partial charge in [0.25, 0.3) is 0 Å². The molecule has 0 spiro atoms. The molecule has 0 bridgehead atoms. The van der Waals surface area contributed by atoms with Gasteiger partial charge in [0.15, 0.2) is 0 Å². The lowest BCUT2D eigenvalue weighted by Gasteiger charge is -2.14. The number of thiocarbonyl (C=S) groups is 1. The smallest absolute Gasteiger partial charge is 0.106 e. The molecule has 0 radical (unpaired) electrons. The summed E-state index contributed by atoms with van der Waals surface area (Å²) in [5.41, 5.74) is 8.87. The van der Waals surface area contributed by atoms with E-state index in [9.17, 15) is 0 Å². The third-order valence-corrected chi connectivity index (χ3v) is 4.20. The summed E-state index contributed by atoms with van der Waals surface area (Å²) >= 11 is 20.8. The minimum absolute atomic E-state index is 0.314. The van der Waals surface area contributed by atoms with Crippen LogP contribution in [0, 0.1) is 6.92 Å². The topological polar surface area (TPSA) is 38.0 Å². The van der Waals surface area contributed by atoms with Crippen molar-refractivity contribution in [3.8, 4) is 0 Å². The van der Waals surface area contributed by atoms with Crippen LogP contribution in [0.3, 0.4) is 0 Å². The first kappa shape index (κ1) is 15.6. The normalized spacial score (nSPS) is 10.4. The first-order chi connectivity index (χ1) is 9.38. The predicted octanol–water partition coefficient (Wildman–Crippen LogP) is 5.44. The highest BCUT2D eigenvalue weighted by Crippen LogP contribution is 2.33. The molecular formula is C14H11BrCl2N2S. The predicted molar refractivity (Wildman–Crippen MR) is 94.5 cm³/mol. The van der Waals surface area contributed by atoms with Crippen LogP contribution < -0.4 is 11.1 Å². The molecular weight excluding hydrogens is 379 g/mol. The maximum atomic E-state index is 6.23. The molecule has 6 heteroatoms. The van der Waals surface area contributed by atoms with Gasteiger partial charge < -0.3 is 11.1 Å². The van der Waals surface area contributed by atoms with Crippen molar-refractivity contribution in [1.29, 1.82) is 0 Å². The van der Waals surface area contributed by atoms with Crippen LogP contribution in [0.4, 0.5) is 11.4 Å². The third kappa shape index (κ3) is 3.44. The molecule has 0 atom stereocenters. The van der Waals surface area contributed by atoms with E-state index in [1.165, 1.54) is 0 Å². The summed E-state index contributed by atoms with van der Waals surface area (Å²) < 4.78 is 0.911. The lowest BCUT2D eigenvalue weighted by atomic mass is 10.1. The van der Waals surface area contributed by atoms with E-state index in [2.05, 4.69) is 21.2 Å². The van der Waals surface area contributed by atoms with Gasteiger partial charge in [-0.25, -0.2) is 0 Å². The van der Waals surface area contributed by atoms with Crippen LogP contribution in [-0.2, 0) is 0 Å². The Morgan fingerprint density at radius 1 is 1.15 bits per heavy atom. The van der Waals surface area contributed by atoms with Crippen molar-refractivity contribution in [3.63, 3.8) is 0 Å². The minimum atomic E-state index is 0.314. The van der Waals surface area contributed by atoms with Gasteiger partial charge in [0.1, 0.15) is 4.99 Å². The fraction of sp³-hybridized carbons (Fsp3) is 0.0714. The van der Waals surface area contributed by atoms with E-state index in [4.69, 9.17) is 41.2 Å². The summed E-state index contributed by atoms with van der Waals surface area (Å²) in [4.78, 5) is 0.314. The number of rotatable bonds is 3. The van der Waals surface area contributed by atoms with Crippen LogP contribution in [0.2, 0.25) is 10.0 Å². The highest BCUT2D eigenvalue weighted by molar-refractivity contribution is 9.10. The highest BCUT2D eigenvalue weighted by Gasteiger charge is 2.10. The van der Waals surface area contributed by atoms with E-state index in [0.717, 1.165) is 21.3 Å². The molecule has 0 unspecified atom stereocenters. The van der Waals surface area contributed by atoms with Crippen LogP contribution in [0.25, 0.3) is 0 Å². The fourth-order valence-corrected chi connectivity index (χ4v) is 2.69. The summed E-state index contributed by atoms with van der Waals surface area (Å²) in [6.07, 6.45) is 0. The number of anilines is 2. The Morgan fingerprint density at radius 2 is 1.85 bits per heavy atom. The van der Waals surface area contributed by atoms with Crippen LogP contribution in [-0.4, -0.2) is 4.99 Å². The van der Waals surface area contributed by atoms with Gasteiger partial charge in [0.2, 0.25) is 0 Å². The molecule has 3 N–H and O–H groups in total. The quantitative estimate of drug-likeness (QED) is 0.686. The first-order valence-corrected chi connectivity index (χ1v) is 7.66. The molecule has 2 rings (SSSR count). The summed E-state index contributed by atoms with van der Waals surface area (Å²) in [5.74, 6) is 0. The number of aryl methyl sites for hydroxylation is 1. The van der Waals surface area contributed by atoms with Crippen molar-refractivity contribution in [2.75, 3.05) is 5.32 Å². The Kier molecular flexibility index (Phi) is 4.91. The Labute approximate surface area is 141 Å². The number of benzene rings is 2. The number of hydrogen-bond donors (Lipinski definition) is 2. The van der Waals surface area contributed by atoms with E-state index >= 15 is 0 Å². The van der Waals surface area contributed by atoms with Gasteiger partial charge >= 0.3 is 0 Å². The van der Waals surface area contributed by atoms with Crippen LogP contribution in [0.5, 0.6) is 0 Å². The zero-order chi connectivity index (χ0) is 14.9. The van der Waals surface area contributed by atoms with Gasteiger partial charge in [0.05, 0.1) is 10.7 Å². The summed E-state index contributed by atoms with van der Waals surface area (Å²) in [6.45, 7) is 1.90. The molecule has 2 aromatic rings. The average Bonchev–Trinajstić information content (AvgIpc) is 2.35. The van der Waals surface area contributed by atoms with Crippen LogP contribution in [0.15, 0.2) is 34.8 Å². The SMILES string of the molecule is Cc1cc(Cl)c(Nc2cc(Br)ccc2C(N)=S)cc1Cl. The molecule has 20 heavy (non-hydrogen) atoms. The Hall–Kier alpha value is -0.810. The third-order valence-electron chi connectivity index (χ3n) is 2.76. The van der Waals surface area contributed by atoms with Gasteiger partial charge in [0, 0.05) is 20.7 Å². The fourth-order valence-electron chi connectivity index (χ4n) is 1.72. The van der Waals surface area contributed by atoms with E-state index in [1.807, 2.05) is 31.2 Å². The Morgan fingerprint density at radius 3 is 2.50 bits per heavy atom. The molecule has 0 saturated carbocycles. The monoisotopic (exact) mass is 388 g/mol. The molecule has 2 nitrogen and oxygen atoms in total. The largest absolute Gasteiger partial charge is 0.389 e.